The Morgan fingerprint density at radius 2 is 2.15 bits per heavy atom. The standard InChI is InChI=1S/C19H24N4O3/c1-5-13-8-15(7-6-12(13)2)21-19(25)18-17(14-9-20-22(3)10-14)23(4)16(24)11-26-18/h6-10,17-18H,5,11H2,1-4H3,(H,21,25)/t17-,18-/m1/s1. The van der Waals surface area contributed by atoms with Gasteiger partial charge in [0, 0.05) is 31.5 Å². The van der Waals surface area contributed by atoms with Gasteiger partial charge in [-0.25, -0.2) is 0 Å². The lowest BCUT2D eigenvalue weighted by molar-refractivity contribution is -0.160. The zero-order valence-corrected chi connectivity index (χ0v) is 15.5. The molecule has 0 spiro atoms. The Labute approximate surface area is 152 Å². The number of ether oxygens (including phenoxy) is 1. The molecule has 2 atom stereocenters. The first-order valence-corrected chi connectivity index (χ1v) is 8.67. The third kappa shape index (κ3) is 3.48. The molecule has 26 heavy (non-hydrogen) atoms. The van der Waals surface area contributed by atoms with E-state index in [1.165, 1.54) is 11.1 Å². The molecule has 1 saturated heterocycles. The molecule has 1 aromatic carbocycles. The lowest BCUT2D eigenvalue weighted by Gasteiger charge is -2.37. The van der Waals surface area contributed by atoms with E-state index < -0.39 is 12.1 Å². The van der Waals surface area contributed by atoms with Gasteiger partial charge in [-0.15, -0.1) is 0 Å². The lowest BCUT2D eigenvalue weighted by Crippen LogP contribution is -2.51. The summed E-state index contributed by atoms with van der Waals surface area (Å²) in [6.45, 7) is 4.02. The molecule has 2 heterocycles. The molecule has 0 unspecified atom stereocenters. The van der Waals surface area contributed by atoms with Crippen molar-refractivity contribution in [2.24, 2.45) is 7.05 Å². The van der Waals surface area contributed by atoms with Crippen molar-refractivity contribution in [3.05, 3.63) is 47.3 Å². The summed E-state index contributed by atoms with van der Waals surface area (Å²) < 4.78 is 7.25. The summed E-state index contributed by atoms with van der Waals surface area (Å²) in [5.41, 5.74) is 3.87. The number of rotatable bonds is 4. The van der Waals surface area contributed by atoms with E-state index >= 15 is 0 Å². The van der Waals surface area contributed by atoms with Crippen LogP contribution in [0.2, 0.25) is 0 Å². The molecule has 0 radical (unpaired) electrons. The summed E-state index contributed by atoms with van der Waals surface area (Å²) >= 11 is 0. The molecule has 1 aromatic heterocycles. The number of carbonyl (C=O) groups is 2. The van der Waals surface area contributed by atoms with Gasteiger partial charge in [0.2, 0.25) is 5.91 Å². The van der Waals surface area contributed by atoms with Crippen LogP contribution in [0.4, 0.5) is 5.69 Å². The fourth-order valence-corrected chi connectivity index (χ4v) is 3.27. The number of aromatic nitrogens is 2. The number of hydrogen-bond donors (Lipinski definition) is 1. The SMILES string of the molecule is CCc1cc(NC(=O)[C@@H]2OCC(=O)N(C)[C@@H]2c2cnn(C)c2)ccc1C. The molecule has 0 saturated carbocycles. The van der Waals surface area contributed by atoms with Crippen molar-refractivity contribution in [2.75, 3.05) is 19.0 Å². The van der Waals surface area contributed by atoms with Crippen LogP contribution in [0.5, 0.6) is 0 Å². The van der Waals surface area contributed by atoms with E-state index in [-0.39, 0.29) is 18.4 Å². The predicted octanol–water partition coefficient (Wildman–Crippen LogP) is 1.83. The third-order valence-corrected chi connectivity index (χ3v) is 4.81. The second-order valence-electron chi connectivity index (χ2n) is 6.61. The number of nitrogens with one attached hydrogen (secondary N) is 1. The van der Waals surface area contributed by atoms with E-state index in [9.17, 15) is 9.59 Å². The van der Waals surface area contributed by atoms with Gasteiger partial charge in [0.1, 0.15) is 6.61 Å². The molecule has 1 N–H and O–H groups in total. The van der Waals surface area contributed by atoms with Gasteiger partial charge < -0.3 is 15.0 Å². The summed E-state index contributed by atoms with van der Waals surface area (Å²) in [6.07, 6.45) is 3.55. The van der Waals surface area contributed by atoms with Crippen molar-refractivity contribution >= 4 is 17.5 Å². The Morgan fingerprint density at radius 3 is 2.81 bits per heavy atom. The molecule has 7 nitrogen and oxygen atoms in total. The van der Waals surface area contributed by atoms with Crippen molar-refractivity contribution in [3.63, 3.8) is 0 Å². The molecule has 138 valence electrons. The van der Waals surface area contributed by atoms with Crippen LogP contribution in [0.1, 0.15) is 29.7 Å². The summed E-state index contributed by atoms with van der Waals surface area (Å²) in [5.74, 6) is -0.435. The molecule has 2 aromatic rings. The summed E-state index contributed by atoms with van der Waals surface area (Å²) in [5, 5.41) is 7.08. The number of nitrogens with zero attached hydrogens (tertiary/aromatic N) is 3. The minimum absolute atomic E-state index is 0.112. The predicted molar refractivity (Wildman–Crippen MR) is 97.6 cm³/mol. The van der Waals surface area contributed by atoms with Crippen LogP contribution >= 0.6 is 0 Å². The van der Waals surface area contributed by atoms with E-state index in [1.807, 2.05) is 25.1 Å². The molecule has 1 fully saturated rings. The van der Waals surface area contributed by atoms with Crippen molar-refractivity contribution in [2.45, 2.75) is 32.4 Å². The van der Waals surface area contributed by atoms with E-state index in [2.05, 4.69) is 17.3 Å². The van der Waals surface area contributed by atoms with E-state index in [0.29, 0.717) is 0 Å². The highest BCUT2D eigenvalue weighted by Gasteiger charge is 2.40. The number of anilines is 1. The smallest absolute Gasteiger partial charge is 0.256 e. The molecule has 2 amide bonds. The van der Waals surface area contributed by atoms with Gasteiger partial charge >= 0.3 is 0 Å². The highest BCUT2D eigenvalue weighted by molar-refractivity contribution is 5.96. The first-order valence-electron chi connectivity index (χ1n) is 8.67. The third-order valence-electron chi connectivity index (χ3n) is 4.81. The Morgan fingerprint density at radius 1 is 1.38 bits per heavy atom. The van der Waals surface area contributed by atoms with Gasteiger partial charge in [-0.05, 0) is 36.6 Å². The Bertz CT molecular complexity index is 830. The summed E-state index contributed by atoms with van der Waals surface area (Å²) in [6, 6.07) is 5.33. The minimum Gasteiger partial charge on any atom is -0.356 e. The second kappa shape index (κ2) is 7.29. The Balaban J connectivity index is 1.85. The number of carbonyl (C=O) groups excluding carboxylic acids is 2. The molecular formula is C19H24N4O3. The largest absolute Gasteiger partial charge is 0.356 e. The monoisotopic (exact) mass is 356 g/mol. The number of aryl methyl sites for hydroxylation is 3. The Kier molecular flexibility index (Phi) is 5.08. The zero-order chi connectivity index (χ0) is 18.8. The average molecular weight is 356 g/mol. The number of amides is 2. The lowest BCUT2D eigenvalue weighted by atomic mass is 10.00. The number of morpholine rings is 1. The van der Waals surface area contributed by atoms with E-state index in [4.69, 9.17) is 4.74 Å². The first-order chi connectivity index (χ1) is 12.4. The number of hydrogen-bond acceptors (Lipinski definition) is 4. The maximum atomic E-state index is 12.9. The fourth-order valence-electron chi connectivity index (χ4n) is 3.27. The second-order valence-corrected chi connectivity index (χ2v) is 6.61. The zero-order valence-electron chi connectivity index (χ0n) is 15.5. The molecule has 0 bridgehead atoms. The van der Waals surface area contributed by atoms with Gasteiger partial charge in [-0.2, -0.15) is 5.10 Å². The molecule has 7 heteroatoms. The fraction of sp³-hybridized carbons (Fsp3) is 0.421. The maximum absolute atomic E-state index is 12.9. The van der Waals surface area contributed by atoms with Crippen LogP contribution in [0, 0.1) is 6.92 Å². The highest BCUT2D eigenvalue weighted by atomic mass is 16.5. The topological polar surface area (TPSA) is 76.5 Å². The maximum Gasteiger partial charge on any atom is 0.256 e. The van der Waals surface area contributed by atoms with Crippen molar-refractivity contribution < 1.29 is 14.3 Å². The van der Waals surface area contributed by atoms with Crippen LogP contribution in [0.25, 0.3) is 0 Å². The van der Waals surface area contributed by atoms with Crippen LogP contribution in [-0.2, 0) is 27.8 Å². The molecule has 1 aliphatic heterocycles. The van der Waals surface area contributed by atoms with Crippen molar-refractivity contribution in [1.82, 2.24) is 14.7 Å². The van der Waals surface area contributed by atoms with Crippen molar-refractivity contribution in [3.8, 4) is 0 Å². The summed E-state index contributed by atoms with van der Waals surface area (Å²) in [7, 11) is 3.48. The van der Waals surface area contributed by atoms with E-state index in [1.54, 1.807) is 36.1 Å². The van der Waals surface area contributed by atoms with Crippen LogP contribution in [-0.4, -0.2) is 46.3 Å². The highest BCUT2D eigenvalue weighted by Crippen LogP contribution is 2.29. The minimum atomic E-state index is -0.798. The number of likely N-dealkylation sites (N-methyl/N-ethyl adjacent to an activating group) is 1. The number of benzene rings is 1. The van der Waals surface area contributed by atoms with Gasteiger partial charge in [-0.1, -0.05) is 13.0 Å². The molecule has 1 aliphatic rings. The molecular weight excluding hydrogens is 332 g/mol. The van der Waals surface area contributed by atoms with Crippen LogP contribution in [0.15, 0.2) is 30.6 Å². The Hall–Kier alpha value is -2.67. The van der Waals surface area contributed by atoms with Gasteiger partial charge in [-0.3, -0.25) is 14.3 Å². The van der Waals surface area contributed by atoms with Crippen molar-refractivity contribution in [1.29, 1.82) is 0 Å². The average Bonchev–Trinajstić information content (AvgIpc) is 3.04. The van der Waals surface area contributed by atoms with Gasteiger partial charge in [0.15, 0.2) is 6.10 Å². The van der Waals surface area contributed by atoms with Gasteiger partial charge in [0.25, 0.3) is 5.91 Å². The quantitative estimate of drug-likeness (QED) is 0.907. The molecule has 0 aliphatic carbocycles. The van der Waals surface area contributed by atoms with E-state index in [0.717, 1.165) is 17.7 Å². The molecule has 3 rings (SSSR count). The van der Waals surface area contributed by atoms with Gasteiger partial charge in [0.05, 0.1) is 12.2 Å². The summed E-state index contributed by atoms with van der Waals surface area (Å²) in [4.78, 5) is 26.5. The van der Waals surface area contributed by atoms with Crippen LogP contribution in [0.3, 0.4) is 0 Å². The first kappa shape index (κ1) is 18.1. The normalized spacial score (nSPS) is 20.3. The van der Waals surface area contributed by atoms with Crippen LogP contribution < -0.4 is 5.32 Å².